The van der Waals surface area contributed by atoms with Crippen molar-refractivity contribution in [3.05, 3.63) is 34.9 Å². The molecule has 0 saturated heterocycles. The van der Waals surface area contributed by atoms with Crippen molar-refractivity contribution in [3.8, 4) is 0 Å². The van der Waals surface area contributed by atoms with Crippen LogP contribution in [0.4, 0.5) is 0 Å². The predicted molar refractivity (Wildman–Crippen MR) is 66.5 cm³/mol. The number of amides is 2. The van der Waals surface area contributed by atoms with Crippen LogP contribution in [-0.4, -0.2) is 30.8 Å². The van der Waals surface area contributed by atoms with Gasteiger partial charge in [0.2, 0.25) is 12.3 Å². The number of aryl methyl sites for hydroxylation is 2. The van der Waals surface area contributed by atoms with Crippen molar-refractivity contribution in [1.29, 1.82) is 0 Å². The summed E-state index contributed by atoms with van der Waals surface area (Å²) in [6.45, 7) is 5.04. The van der Waals surface area contributed by atoms with Gasteiger partial charge in [0.25, 0.3) is 0 Å². The molecule has 0 atom stereocenters. The van der Waals surface area contributed by atoms with Gasteiger partial charge in [-0.3, -0.25) is 19.8 Å². The highest BCUT2D eigenvalue weighted by atomic mass is 16.2. The average molecular weight is 234 g/mol. The number of benzene rings is 1. The van der Waals surface area contributed by atoms with Gasteiger partial charge in [-0.2, -0.15) is 0 Å². The zero-order chi connectivity index (χ0) is 12.8. The highest BCUT2D eigenvalue weighted by Gasteiger charge is 2.06. The van der Waals surface area contributed by atoms with E-state index in [1.807, 2.05) is 11.9 Å². The van der Waals surface area contributed by atoms with E-state index < -0.39 is 0 Å². The lowest BCUT2D eigenvalue weighted by atomic mass is 10.1. The first kappa shape index (κ1) is 13.4. The fourth-order valence-corrected chi connectivity index (χ4v) is 1.63. The second-order valence-corrected chi connectivity index (χ2v) is 4.28. The van der Waals surface area contributed by atoms with E-state index in [0.29, 0.717) is 13.0 Å². The minimum Gasteiger partial charge on any atom is -0.298 e. The Hall–Kier alpha value is -1.68. The van der Waals surface area contributed by atoms with Gasteiger partial charge < -0.3 is 0 Å². The summed E-state index contributed by atoms with van der Waals surface area (Å²) in [7, 11) is 1.85. The Labute approximate surface area is 102 Å². The van der Waals surface area contributed by atoms with Crippen molar-refractivity contribution < 1.29 is 9.59 Å². The molecular formula is C13H18N2O2. The summed E-state index contributed by atoms with van der Waals surface area (Å²) >= 11 is 0. The molecule has 1 rings (SSSR count). The largest absolute Gasteiger partial charge is 0.298 e. The zero-order valence-electron chi connectivity index (χ0n) is 10.5. The van der Waals surface area contributed by atoms with Crippen molar-refractivity contribution >= 4 is 12.3 Å². The molecule has 0 saturated carbocycles. The number of likely N-dealkylation sites (N-methyl/N-ethyl adjacent to an activating group) is 1. The molecule has 0 heterocycles. The lowest BCUT2D eigenvalue weighted by Crippen LogP contribution is -2.34. The molecule has 0 aromatic heterocycles. The van der Waals surface area contributed by atoms with Crippen molar-refractivity contribution in [3.63, 3.8) is 0 Å². The van der Waals surface area contributed by atoms with Gasteiger partial charge in [-0.15, -0.1) is 0 Å². The summed E-state index contributed by atoms with van der Waals surface area (Å²) < 4.78 is 0. The summed E-state index contributed by atoms with van der Waals surface area (Å²) in [5.74, 6) is -0.286. The zero-order valence-corrected chi connectivity index (χ0v) is 10.5. The maximum Gasteiger partial charge on any atom is 0.240 e. The lowest BCUT2D eigenvalue weighted by Gasteiger charge is -2.16. The van der Waals surface area contributed by atoms with Gasteiger partial charge >= 0.3 is 0 Å². The van der Waals surface area contributed by atoms with Crippen LogP contribution in [0.5, 0.6) is 0 Å². The number of hydrogen-bond donors (Lipinski definition) is 1. The van der Waals surface area contributed by atoms with E-state index in [9.17, 15) is 9.59 Å². The molecule has 0 aliphatic heterocycles. The van der Waals surface area contributed by atoms with E-state index in [0.717, 1.165) is 5.56 Å². The topological polar surface area (TPSA) is 49.4 Å². The first-order valence-corrected chi connectivity index (χ1v) is 5.50. The van der Waals surface area contributed by atoms with Gasteiger partial charge in [-0.1, -0.05) is 18.2 Å². The molecule has 0 bridgehead atoms. The van der Waals surface area contributed by atoms with Crippen LogP contribution in [0.3, 0.4) is 0 Å². The van der Waals surface area contributed by atoms with Crippen LogP contribution in [-0.2, 0) is 16.1 Å². The number of nitrogens with one attached hydrogen (secondary N) is 1. The third-order valence-corrected chi connectivity index (χ3v) is 2.66. The van der Waals surface area contributed by atoms with Crippen LogP contribution in [0, 0.1) is 13.8 Å². The van der Waals surface area contributed by atoms with E-state index in [4.69, 9.17) is 0 Å². The Morgan fingerprint density at radius 1 is 1.35 bits per heavy atom. The molecule has 0 aliphatic carbocycles. The molecule has 1 aromatic rings. The van der Waals surface area contributed by atoms with Gasteiger partial charge in [0.05, 0.1) is 6.54 Å². The maximum absolute atomic E-state index is 11.2. The summed E-state index contributed by atoms with van der Waals surface area (Å²) in [5, 5.41) is 2.12. The van der Waals surface area contributed by atoms with Gasteiger partial charge in [-0.25, -0.2) is 0 Å². The first-order valence-electron chi connectivity index (χ1n) is 5.50. The van der Waals surface area contributed by atoms with Crippen LogP contribution >= 0.6 is 0 Å². The molecule has 0 fully saturated rings. The molecule has 0 radical (unpaired) electrons. The second kappa shape index (κ2) is 6.15. The number of carbonyl (C=O) groups is 2. The molecule has 1 N–H and O–H groups in total. The van der Waals surface area contributed by atoms with Gasteiger partial charge in [-0.05, 0) is 37.6 Å². The number of carbonyl (C=O) groups excluding carboxylic acids is 2. The fourth-order valence-electron chi connectivity index (χ4n) is 1.63. The summed E-state index contributed by atoms with van der Waals surface area (Å²) in [4.78, 5) is 23.1. The minimum atomic E-state index is -0.286. The first-order chi connectivity index (χ1) is 8.02. The molecule has 4 nitrogen and oxygen atoms in total. The maximum atomic E-state index is 11.2. The van der Waals surface area contributed by atoms with Gasteiger partial charge in [0.15, 0.2) is 0 Å². The smallest absolute Gasteiger partial charge is 0.240 e. The molecule has 4 heteroatoms. The lowest BCUT2D eigenvalue weighted by molar-refractivity contribution is -0.125. The number of rotatable bonds is 5. The average Bonchev–Trinajstić information content (AvgIpc) is 2.23. The third-order valence-electron chi connectivity index (χ3n) is 2.66. The number of hydrogen-bond acceptors (Lipinski definition) is 3. The Balaban J connectivity index is 2.55. The van der Waals surface area contributed by atoms with Crippen LogP contribution < -0.4 is 5.32 Å². The molecule has 2 amide bonds. The summed E-state index contributed by atoms with van der Waals surface area (Å²) in [6.07, 6.45) is 0.409. The Kier molecular flexibility index (Phi) is 4.84. The highest BCUT2D eigenvalue weighted by molar-refractivity contribution is 5.87. The van der Waals surface area contributed by atoms with Gasteiger partial charge in [0, 0.05) is 6.54 Å². The fraction of sp³-hybridized carbons (Fsp3) is 0.385. The molecule has 0 spiro atoms. The minimum absolute atomic E-state index is 0.214. The van der Waals surface area contributed by atoms with E-state index >= 15 is 0 Å². The molecule has 1 aromatic carbocycles. The molecule has 17 heavy (non-hydrogen) atoms. The van der Waals surface area contributed by atoms with Crippen LogP contribution in [0.1, 0.15) is 16.7 Å². The van der Waals surface area contributed by atoms with Crippen LogP contribution in [0.15, 0.2) is 18.2 Å². The van der Waals surface area contributed by atoms with E-state index in [1.54, 1.807) is 0 Å². The normalized spacial score (nSPS) is 10.4. The summed E-state index contributed by atoms with van der Waals surface area (Å²) in [5.41, 5.74) is 3.66. The Morgan fingerprint density at radius 2 is 2.06 bits per heavy atom. The quantitative estimate of drug-likeness (QED) is 0.773. The van der Waals surface area contributed by atoms with Crippen molar-refractivity contribution in [2.75, 3.05) is 13.6 Å². The van der Waals surface area contributed by atoms with Crippen LogP contribution in [0.25, 0.3) is 0 Å². The Morgan fingerprint density at radius 3 is 2.65 bits per heavy atom. The molecule has 92 valence electrons. The number of imide groups is 1. The molecule has 0 unspecified atom stereocenters. The standard InChI is InChI=1S/C13H18N2O2/c1-10-4-5-12(6-11(10)2)7-15(3)8-13(17)14-9-16/h4-6,9H,7-8H2,1-3H3,(H,14,16,17). The van der Waals surface area contributed by atoms with E-state index in [1.165, 1.54) is 11.1 Å². The van der Waals surface area contributed by atoms with E-state index in [-0.39, 0.29) is 12.5 Å². The third kappa shape index (κ3) is 4.36. The SMILES string of the molecule is Cc1ccc(CN(C)CC(=O)NC=O)cc1C. The Bertz CT molecular complexity index is 416. The predicted octanol–water partition coefficient (Wildman–Crippen LogP) is 1.01. The summed E-state index contributed by atoms with van der Waals surface area (Å²) in [6, 6.07) is 6.24. The number of nitrogens with zero attached hydrogens (tertiary/aromatic N) is 1. The molecule has 0 aliphatic rings. The second-order valence-electron chi connectivity index (χ2n) is 4.28. The van der Waals surface area contributed by atoms with Crippen molar-refractivity contribution in [2.45, 2.75) is 20.4 Å². The van der Waals surface area contributed by atoms with Gasteiger partial charge in [0.1, 0.15) is 0 Å². The van der Waals surface area contributed by atoms with Crippen molar-refractivity contribution in [1.82, 2.24) is 10.2 Å². The molecular weight excluding hydrogens is 216 g/mol. The van der Waals surface area contributed by atoms with E-state index in [2.05, 4.69) is 37.4 Å². The van der Waals surface area contributed by atoms with Crippen molar-refractivity contribution in [2.24, 2.45) is 0 Å². The highest BCUT2D eigenvalue weighted by Crippen LogP contribution is 2.11. The van der Waals surface area contributed by atoms with Crippen LogP contribution in [0.2, 0.25) is 0 Å². The monoisotopic (exact) mass is 234 g/mol.